The zero-order valence-corrected chi connectivity index (χ0v) is 21.9. The number of piperazine rings is 1. The highest BCUT2D eigenvalue weighted by Gasteiger charge is 2.41. The molecule has 10 heteroatoms. The van der Waals surface area contributed by atoms with Crippen LogP contribution in [0.3, 0.4) is 0 Å². The fourth-order valence-electron chi connectivity index (χ4n) is 4.57. The summed E-state index contributed by atoms with van der Waals surface area (Å²) in [6.07, 6.45) is 3.52. The molecule has 3 heterocycles. The maximum absolute atomic E-state index is 11.6. The molecular weight excluding hydrogens is 504 g/mol. The predicted octanol–water partition coefficient (Wildman–Crippen LogP) is 3.94. The van der Waals surface area contributed by atoms with E-state index in [0.29, 0.717) is 66.4 Å². The molecule has 0 radical (unpaired) electrons. The number of imidazole rings is 1. The van der Waals surface area contributed by atoms with Crippen molar-refractivity contribution in [2.75, 3.05) is 32.8 Å². The van der Waals surface area contributed by atoms with E-state index in [2.05, 4.69) is 43.8 Å². The van der Waals surface area contributed by atoms with Crippen molar-refractivity contribution in [3.63, 3.8) is 0 Å². The Hall–Kier alpha value is -3.69. The van der Waals surface area contributed by atoms with Crippen LogP contribution in [0.15, 0.2) is 54.9 Å². The quantitative estimate of drug-likeness (QED) is 0.349. The van der Waals surface area contributed by atoms with E-state index in [4.69, 9.17) is 26.1 Å². The van der Waals surface area contributed by atoms with E-state index >= 15 is 0 Å². The van der Waals surface area contributed by atoms with Gasteiger partial charge in [-0.15, -0.1) is 0 Å². The van der Waals surface area contributed by atoms with Gasteiger partial charge in [0.15, 0.2) is 11.2 Å². The number of aromatic nitrogens is 4. The molecule has 2 aromatic carbocycles. The average molecular weight is 533 g/mol. The molecule has 6 rings (SSSR count). The molecule has 2 fully saturated rings. The highest BCUT2D eigenvalue weighted by atomic mass is 35.5. The molecule has 2 aromatic heterocycles. The largest absolute Gasteiger partial charge is 0.492 e. The Kier molecular flexibility index (Phi) is 6.63. The second kappa shape index (κ2) is 10.2. The highest BCUT2D eigenvalue weighted by Crippen LogP contribution is 2.41. The second-order valence-corrected chi connectivity index (χ2v) is 10.4. The van der Waals surface area contributed by atoms with Crippen molar-refractivity contribution in [1.29, 1.82) is 0 Å². The number of rotatable bonds is 9. The van der Waals surface area contributed by atoms with Gasteiger partial charge in [-0.1, -0.05) is 41.9 Å². The van der Waals surface area contributed by atoms with Crippen molar-refractivity contribution < 1.29 is 14.3 Å². The fraction of sp³-hybridized carbons (Fsp3) is 0.357. The number of halogens is 1. The Labute approximate surface area is 225 Å². The summed E-state index contributed by atoms with van der Waals surface area (Å²) in [5, 5.41) is 3.36. The topological polar surface area (TPSA) is 94.4 Å². The molecule has 1 aliphatic carbocycles. The molecule has 2 aliphatic rings. The molecule has 1 saturated heterocycles. The molecule has 4 aromatic rings. The first-order chi connectivity index (χ1) is 18.5. The number of carbonyl (C=O) groups excluding carboxylic acids is 1. The summed E-state index contributed by atoms with van der Waals surface area (Å²) in [6, 6.07) is 15.8. The summed E-state index contributed by atoms with van der Waals surface area (Å²) >= 11 is 6.81. The van der Waals surface area contributed by atoms with Gasteiger partial charge >= 0.3 is 0 Å². The van der Waals surface area contributed by atoms with Crippen LogP contribution in [0.25, 0.3) is 22.6 Å². The van der Waals surface area contributed by atoms with Gasteiger partial charge in [-0.2, -0.15) is 4.98 Å². The van der Waals surface area contributed by atoms with E-state index in [1.165, 1.54) is 6.33 Å². The predicted molar refractivity (Wildman–Crippen MR) is 145 cm³/mol. The van der Waals surface area contributed by atoms with Crippen LogP contribution in [-0.2, 0) is 11.3 Å². The van der Waals surface area contributed by atoms with Crippen molar-refractivity contribution >= 4 is 28.7 Å². The van der Waals surface area contributed by atoms with E-state index in [1.807, 2.05) is 30.3 Å². The number of hydrogen-bond acceptors (Lipinski definition) is 7. The summed E-state index contributed by atoms with van der Waals surface area (Å²) in [5.41, 5.74) is 3.00. The minimum atomic E-state index is -0.195. The van der Waals surface area contributed by atoms with Gasteiger partial charge in [0.2, 0.25) is 11.8 Å². The Morgan fingerprint density at radius 3 is 2.74 bits per heavy atom. The number of amides is 1. The zero-order valence-electron chi connectivity index (χ0n) is 21.2. The molecule has 0 spiro atoms. The summed E-state index contributed by atoms with van der Waals surface area (Å²) in [4.78, 5) is 27.6. The third kappa shape index (κ3) is 5.30. The van der Waals surface area contributed by atoms with E-state index in [0.717, 1.165) is 30.5 Å². The number of nitrogens with one attached hydrogen (secondary N) is 1. The first kappa shape index (κ1) is 24.6. The minimum Gasteiger partial charge on any atom is -0.492 e. The third-order valence-corrected chi connectivity index (χ3v) is 7.27. The first-order valence-corrected chi connectivity index (χ1v) is 13.2. The first-order valence-electron chi connectivity index (χ1n) is 12.8. The molecule has 9 nitrogen and oxygen atoms in total. The van der Waals surface area contributed by atoms with Gasteiger partial charge in [0, 0.05) is 25.2 Å². The summed E-state index contributed by atoms with van der Waals surface area (Å²) < 4.78 is 14.2. The number of hydrogen-bond donors (Lipinski definition) is 1. The average Bonchev–Trinajstić information content (AvgIpc) is 3.53. The van der Waals surface area contributed by atoms with E-state index in [-0.39, 0.29) is 11.5 Å². The van der Waals surface area contributed by atoms with Crippen LogP contribution in [-0.4, -0.2) is 68.7 Å². The monoisotopic (exact) mass is 532 g/mol. The molecular formula is C28H29ClN6O3. The standard InChI is InChI=1S/C28H29ClN6O3/c1-28(9-10-28)38-27-24-26(31-18-32-27)35(16-19-5-3-2-4-6-19)25(33-24)21-8-7-20(15-22(21)29)37-14-13-34-12-11-30-23(36)17-34/h2-8,15,18H,9-14,16-17H2,1H3,(H,30,36). The van der Waals surface area contributed by atoms with Crippen molar-refractivity contribution in [2.45, 2.75) is 31.9 Å². The lowest BCUT2D eigenvalue weighted by molar-refractivity contribution is -0.124. The van der Waals surface area contributed by atoms with Crippen LogP contribution < -0.4 is 14.8 Å². The van der Waals surface area contributed by atoms with Gasteiger partial charge in [0.25, 0.3) is 0 Å². The molecule has 0 atom stereocenters. The summed E-state index contributed by atoms with van der Waals surface area (Å²) in [5.74, 6) is 1.89. The van der Waals surface area contributed by atoms with Crippen LogP contribution in [0.1, 0.15) is 25.3 Å². The van der Waals surface area contributed by atoms with Crippen LogP contribution in [0.5, 0.6) is 11.6 Å². The molecule has 1 amide bonds. The summed E-state index contributed by atoms with van der Waals surface area (Å²) in [6.45, 7) is 5.66. The van der Waals surface area contributed by atoms with Crippen LogP contribution >= 0.6 is 11.6 Å². The Morgan fingerprint density at radius 1 is 1.13 bits per heavy atom. The van der Waals surface area contributed by atoms with Gasteiger partial charge in [-0.05, 0) is 43.5 Å². The van der Waals surface area contributed by atoms with Crippen LogP contribution in [0.4, 0.5) is 0 Å². The number of benzene rings is 2. The number of ether oxygens (including phenoxy) is 2. The number of fused-ring (bicyclic) bond motifs is 1. The number of nitrogens with zero attached hydrogens (tertiary/aromatic N) is 5. The Morgan fingerprint density at radius 2 is 1.97 bits per heavy atom. The Balaban J connectivity index is 1.29. The molecule has 1 saturated carbocycles. The van der Waals surface area contributed by atoms with Gasteiger partial charge < -0.3 is 19.4 Å². The van der Waals surface area contributed by atoms with Crippen molar-refractivity contribution in [2.24, 2.45) is 0 Å². The molecule has 1 aliphatic heterocycles. The van der Waals surface area contributed by atoms with Crippen LogP contribution in [0.2, 0.25) is 5.02 Å². The van der Waals surface area contributed by atoms with Crippen molar-refractivity contribution in [3.8, 4) is 23.0 Å². The fourth-order valence-corrected chi connectivity index (χ4v) is 4.82. The van der Waals surface area contributed by atoms with E-state index in [1.54, 1.807) is 6.07 Å². The van der Waals surface area contributed by atoms with Crippen LogP contribution in [0, 0.1) is 0 Å². The SMILES string of the molecule is CC1(Oc2ncnc3c2nc(-c2ccc(OCCN4CCNC(=O)C4)cc2Cl)n3Cc2ccccc2)CC1. The number of carbonyl (C=O) groups is 1. The molecule has 0 bridgehead atoms. The third-order valence-electron chi connectivity index (χ3n) is 6.95. The molecule has 1 N–H and O–H groups in total. The maximum Gasteiger partial charge on any atom is 0.245 e. The van der Waals surface area contributed by atoms with Gasteiger partial charge in [-0.25, -0.2) is 9.97 Å². The minimum absolute atomic E-state index is 0.0477. The second-order valence-electron chi connectivity index (χ2n) is 10.0. The van der Waals surface area contributed by atoms with E-state index in [9.17, 15) is 4.79 Å². The smallest absolute Gasteiger partial charge is 0.245 e. The maximum atomic E-state index is 11.6. The van der Waals surface area contributed by atoms with Gasteiger partial charge in [0.1, 0.15) is 30.1 Å². The van der Waals surface area contributed by atoms with Crippen molar-refractivity contribution in [1.82, 2.24) is 29.7 Å². The van der Waals surface area contributed by atoms with Gasteiger partial charge in [0.05, 0.1) is 18.1 Å². The lowest BCUT2D eigenvalue weighted by atomic mass is 10.2. The zero-order chi connectivity index (χ0) is 26.1. The summed E-state index contributed by atoms with van der Waals surface area (Å²) in [7, 11) is 0. The van der Waals surface area contributed by atoms with Gasteiger partial charge in [-0.3, -0.25) is 9.69 Å². The van der Waals surface area contributed by atoms with Crippen molar-refractivity contribution in [3.05, 3.63) is 65.4 Å². The lowest BCUT2D eigenvalue weighted by Crippen LogP contribution is -2.48. The molecule has 0 unspecified atom stereocenters. The lowest BCUT2D eigenvalue weighted by Gasteiger charge is -2.26. The van der Waals surface area contributed by atoms with E-state index < -0.39 is 0 Å². The molecule has 38 heavy (non-hydrogen) atoms. The Bertz CT molecular complexity index is 1470. The molecule has 196 valence electrons. The highest BCUT2D eigenvalue weighted by molar-refractivity contribution is 6.33. The normalized spacial score (nSPS) is 16.8.